The van der Waals surface area contributed by atoms with Gasteiger partial charge in [0.05, 0.1) is 5.56 Å². The summed E-state index contributed by atoms with van der Waals surface area (Å²) in [6, 6.07) is 7.62. The zero-order valence-electron chi connectivity index (χ0n) is 9.87. The molecule has 3 nitrogen and oxygen atoms in total. The van der Waals surface area contributed by atoms with Crippen molar-refractivity contribution in [2.24, 2.45) is 0 Å². The minimum Gasteiger partial charge on any atom is -0.385 e. The van der Waals surface area contributed by atoms with Crippen molar-refractivity contribution in [1.29, 1.82) is 5.26 Å². The molecule has 0 spiro atoms. The lowest BCUT2D eigenvalue weighted by molar-refractivity contribution is 0.672. The lowest BCUT2D eigenvalue weighted by Gasteiger charge is -2.10. The van der Waals surface area contributed by atoms with Crippen molar-refractivity contribution in [3.63, 3.8) is 0 Å². The maximum atomic E-state index is 11.2. The molecule has 5 heteroatoms. The van der Waals surface area contributed by atoms with Crippen molar-refractivity contribution in [2.75, 3.05) is 18.1 Å². The van der Waals surface area contributed by atoms with E-state index in [1.165, 1.54) is 0 Å². The topological polar surface area (TPSA) is 52.9 Å². The summed E-state index contributed by atoms with van der Waals surface area (Å²) >= 11 is 3.34. The third-order valence-corrected chi connectivity index (χ3v) is 4.56. The maximum absolute atomic E-state index is 11.2. The van der Waals surface area contributed by atoms with Crippen LogP contribution in [0.4, 0.5) is 5.69 Å². The van der Waals surface area contributed by atoms with Gasteiger partial charge >= 0.3 is 0 Å². The van der Waals surface area contributed by atoms with Gasteiger partial charge in [-0.25, -0.2) is 0 Å². The summed E-state index contributed by atoms with van der Waals surface area (Å²) in [5.74, 6) is 0. The number of rotatable bonds is 5. The molecule has 0 heterocycles. The summed E-state index contributed by atoms with van der Waals surface area (Å²) in [6.45, 7) is 2.76. The molecule has 0 bridgehead atoms. The molecule has 0 aliphatic carbocycles. The van der Waals surface area contributed by atoms with Crippen LogP contribution in [-0.4, -0.2) is 22.3 Å². The minimum absolute atomic E-state index is 0.198. The Balaban J connectivity index is 2.51. The van der Waals surface area contributed by atoms with Gasteiger partial charge in [0, 0.05) is 39.0 Å². The summed E-state index contributed by atoms with van der Waals surface area (Å²) in [7, 11) is -0.770. The predicted molar refractivity (Wildman–Crippen MR) is 75.5 cm³/mol. The summed E-state index contributed by atoms with van der Waals surface area (Å²) in [4.78, 5) is 0. The van der Waals surface area contributed by atoms with E-state index >= 15 is 0 Å². The molecule has 2 atom stereocenters. The highest BCUT2D eigenvalue weighted by Crippen LogP contribution is 2.20. The van der Waals surface area contributed by atoms with Crippen LogP contribution in [0.5, 0.6) is 0 Å². The van der Waals surface area contributed by atoms with Crippen molar-refractivity contribution in [3.05, 3.63) is 28.2 Å². The molecule has 2 unspecified atom stereocenters. The number of nitrogens with zero attached hydrogens (tertiary/aromatic N) is 1. The SMILES string of the molecule is CC(CCNc1ccc(C#N)c(Br)c1)S(C)=O. The van der Waals surface area contributed by atoms with Crippen LogP contribution < -0.4 is 5.32 Å². The summed E-state index contributed by atoms with van der Waals surface area (Å²) in [5.41, 5.74) is 1.59. The second-order valence-corrected chi connectivity index (χ2v) is 6.49. The van der Waals surface area contributed by atoms with Gasteiger partial charge in [-0.15, -0.1) is 0 Å². The van der Waals surface area contributed by atoms with Crippen molar-refractivity contribution in [3.8, 4) is 6.07 Å². The average molecular weight is 315 g/mol. The van der Waals surface area contributed by atoms with E-state index in [-0.39, 0.29) is 5.25 Å². The number of benzene rings is 1. The number of hydrogen-bond acceptors (Lipinski definition) is 3. The van der Waals surface area contributed by atoms with E-state index in [0.717, 1.165) is 23.1 Å². The van der Waals surface area contributed by atoms with E-state index in [2.05, 4.69) is 27.3 Å². The van der Waals surface area contributed by atoms with Crippen LogP contribution in [0.25, 0.3) is 0 Å². The Morgan fingerprint density at radius 1 is 1.59 bits per heavy atom. The van der Waals surface area contributed by atoms with E-state index in [1.54, 1.807) is 12.3 Å². The lowest BCUT2D eigenvalue weighted by atomic mass is 10.2. The smallest absolute Gasteiger partial charge is 0.100 e. The van der Waals surface area contributed by atoms with Gasteiger partial charge in [-0.2, -0.15) is 5.26 Å². The van der Waals surface area contributed by atoms with Gasteiger partial charge in [0.2, 0.25) is 0 Å². The van der Waals surface area contributed by atoms with Gasteiger partial charge in [-0.05, 0) is 40.5 Å². The molecule has 92 valence electrons. The van der Waals surface area contributed by atoms with Crippen LogP contribution in [0, 0.1) is 11.3 Å². The molecule has 0 fully saturated rings. The van der Waals surface area contributed by atoms with E-state index in [0.29, 0.717) is 5.56 Å². The van der Waals surface area contributed by atoms with Crippen LogP contribution in [0.2, 0.25) is 0 Å². The highest BCUT2D eigenvalue weighted by atomic mass is 79.9. The Labute approximate surface area is 113 Å². The highest BCUT2D eigenvalue weighted by Gasteiger charge is 2.05. The number of hydrogen-bond donors (Lipinski definition) is 1. The molecular formula is C12H15BrN2OS. The fourth-order valence-electron chi connectivity index (χ4n) is 1.30. The summed E-state index contributed by atoms with van der Waals surface area (Å²) < 4.78 is 12.0. The van der Waals surface area contributed by atoms with Gasteiger partial charge in [0.15, 0.2) is 0 Å². The normalized spacial score (nSPS) is 13.8. The molecule has 0 saturated carbocycles. The van der Waals surface area contributed by atoms with Crippen molar-refractivity contribution in [1.82, 2.24) is 0 Å². The van der Waals surface area contributed by atoms with Gasteiger partial charge in [0.1, 0.15) is 6.07 Å². The predicted octanol–water partition coefficient (Wildman–Crippen LogP) is 2.89. The molecule has 0 aromatic heterocycles. The molecular weight excluding hydrogens is 300 g/mol. The number of anilines is 1. The molecule has 0 radical (unpaired) electrons. The highest BCUT2D eigenvalue weighted by molar-refractivity contribution is 9.10. The van der Waals surface area contributed by atoms with E-state index in [9.17, 15) is 4.21 Å². The first-order valence-electron chi connectivity index (χ1n) is 5.30. The molecule has 1 N–H and O–H groups in total. The van der Waals surface area contributed by atoms with Gasteiger partial charge in [-0.3, -0.25) is 4.21 Å². The molecule has 0 saturated heterocycles. The third kappa shape index (κ3) is 4.49. The zero-order chi connectivity index (χ0) is 12.8. The Kier molecular flexibility index (Phi) is 5.66. The standard InChI is InChI=1S/C12H15BrN2OS/c1-9(17(2)16)5-6-15-11-4-3-10(8-14)12(13)7-11/h3-4,7,9,15H,5-6H2,1-2H3. The molecule has 0 aliphatic heterocycles. The van der Waals surface area contributed by atoms with Crippen LogP contribution >= 0.6 is 15.9 Å². The molecule has 1 aromatic carbocycles. The molecule has 17 heavy (non-hydrogen) atoms. The second kappa shape index (κ2) is 6.77. The molecule has 1 aromatic rings. The number of halogens is 1. The van der Waals surface area contributed by atoms with Gasteiger partial charge in [0.25, 0.3) is 0 Å². The van der Waals surface area contributed by atoms with Crippen molar-refractivity contribution >= 4 is 32.4 Å². The van der Waals surface area contributed by atoms with E-state index < -0.39 is 10.8 Å². The molecule has 0 amide bonds. The van der Waals surface area contributed by atoms with Crippen LogP contribution in [0.1, 0.15) is 18.9 Å². The molecule has 1 rings (SSSR count). The Morgan fingerprint density at radius 2 is 2.29 bits per heavy atom. The zero-order valence-corrected chi connectivity index (χ0v) is 12.3. The first kappa shape index (κ1) is 14.2. The largest absolute Gasteiger partial charge is 0.385 e. The first-order valence-corrected chi connectivity index (χ1v) is 7.71. The maximum Gasteiger partial charge on any atom is 0.100 e. The molecule has 0 aliphatic rings. The average Bonchev–Trinajstić information content (AvgIpc) is 2.29. The Bertz CT molecular complexity index is 456. The number of nitrogens with one attached hydrogen (secondary N) is 1. The van der Waals surface area contributed by atoms with Crippen LogP contribution in [0.3, 0.4) is 0 Å². The van der Waals surface area contributed by atoms with Crippen molar-refractivity contribution < 1.29 is 4.21 Å². The quantitative estimate of drug-likeness (QED) is 0.909. The van der Waals surface area contributed by atoms with Gasteiger partial charge < -0.3 is 5.32 Å². The Hall–Kier alpha value is -0.860. The fourth-order valence-corrected chi connectivity index (χ4v) is 2.22. The van der Waals surface area contributed by atoms with E-state index in [1.807, 2.05) is 19.1 Å². The van der Waals surface area contributed by atoms with E-state index in [4.69, 9.17) is 5.26 Å². The van der Waals surface area contributed by atoms with Gasteiger partial charge in [-0.1, -0.05) is 6.92 Å². The Morgan fingerprint density at radius 3 is 2.82 bits per heavy atom. The lowest BCUT2D eigenvalue weighted by Crippen LogP contribution is -2.14. The van der Waals surface area contributed by atoms with Crippen LogP contribution in [-0.2, 0) is 10.8 Å². The first-order chi connectivity index (χ1) is 8.04. The summed E-state index contributed by atoms with van der Waals surface area (Å²) in [5, 5.41) is 12.2. The minimum atomic E-state index is -0.770. The second-order valence-electron chi connectivity index (χ2n) is 3.83. The third-order valence-electron chi connectivity index (χ3n) is 2.54. The monoisotopic (exact) mass is 314 g/mol. The fraction of sp³-hybridized carbons (Fsp3) is 0.417. The summed E-state index contributed by atoms with van der Waals surface area (Å²) in [6.07, 6.45) is 2.59. The van der Waals surface area contributed by atoms with Crippen molar-refractivity contribution in [2.45, 2.75) is 18.6 Å². The number of nitriles is 1. The van der Waals surface area contributed by atoms with Crippen LogP contribution in [0.15, 0.2) is 22.7 Å².